The second-order valence-corrected chi connectivity index (χ2v) is 7.85. The molecule has 0 fully saturated rings. The summed E-state index contributed by atoms with van der Waals surface area (Å²) in [6.45, 7) is 0.0431. The second-order valence-electron chi connectivity index (χ2n) is 7.85. The zero-order valence-corrected chi connectivity index (χ0v) is 18.3. The van der Waals surface area contributed by atoms with E-state index in [0.29, 0.717) is 11.4 Å². The van der Waals surface area contributed by atoms with Crippen LogP contribution in [0.15, 0.2) is 71.5 Å². The minimum Gasteiger partial charge on any atom is -0.406 e. The summed E-state index contributed by atoms with van der Waals surface area (Å²) >= 11 is 0. The SMILES string of the molecule is Fc1ccccc1-c1nc2ccn(Cc3cc(-c4ccc(OC(F)(F)F)cc4C(F)(F)F)no3)cc-2n1. The number of benzene rings is 2. The number of rotatable bonds is 5. The molecule has 3 aromatic rings. The van der Waals surface area contributed by atoms with Crippen molar-refractivity contribution in [1.82, 2.24) is 19.7 Å². The van der Waals surface area contributed by atoms with E-state index in [9.17, 15) is 30.7 Å². The predicted molar refractivity (Wildman–Crippen MR) is 115 cm³/mol. The van der Waals surface area contributed by atoms with Crippen molar-refractivity contribution in [2.45, 2.75) is 19.1 Å². The fourth-order valence-electron chi connectivity index (χ4n) is 3.69. The Labute approximate surface area is 203 Å². The number of hydrogen-bond donors (Lipinski definition) is 0. The summed E-state index contributed by atoms with van der Waals surface area (Å²) in [5.74, 6) is -1.12. The Morgan fingerprint density at radius 3 is 2.32 bits per heavy atom. The standard InChI is InChI=1S/C24H13F7N4O2/c25-18-4-2-1-3-16(18)22-32-19-7-8-35(12-21(19)33-22)11-14-10-20(34-37-14)15-6-5-13(36-24(29,30)31)9-17(15)23(26,27)28/h1-10,12H,11H2. The minimum atomic E-state index is -5.15. The first-order valence-electron chi connectivity index (χ1n) is 10.5. The molecule has 6 nitrogen and oxygen atoms in total. The van der Waals surface area contributed by atoms with Gasteiger partial charge in [-0.25, -0.2) is 14.4 Å². The van der Waals surface area contributed by atoms with E-state index in [2.05, 4.69) is 19.9 Å². The first-order valence-corrected chi connectivity index (χ1v) is 10.5. The van der Waals surface area contributed by atoms with Gasteiger partial charge in [0.2, 0.25) is 0 Å². The van der Waals surface area contributed by atoms with Crippen molar-refractivity contribution in [2.24, 2.45) is 0 Å². The summed E-state index contributed by atoms with van der Waals surface area (Å²) in [6.07, 6.45) is -6.91. The van der Waals surface area contributed by atoms with Gasteiger partial charge in [0.15, 0.2) is 11.6 Å². The van der Waals surface area contributed by atoms with E-state index in [0.717, 1.165) is 12.1 Å². The van der Waals surface area contributed by atoms with Gasteiger partial charge in [-0.05, 0) is 36.4 Å². The molecule has 0 amide bonds. The van der Waals surface area contributed by atoms with Crippen LogP contribution in [0.3, 0.4) is 0 Å². The Morgan fingerprint density at radius 1 is 0.838 bits per heavy atom. The van der Waals surface area contributed by atoms with Crippen LogP contribution in [0.4, 0.5) is 30.7 Å². The highest BCUT2D eigenvalue weighted by atomic mass is 19.4. The fraction of sp³-hybridized carbons (Fsp3) is 0.125. The van der Waals surface area contributed by atoms with Crippen molar-refractivity contribution >= 4 is 0 Å². The van der Waals surface area contributed by atoms with E-state index >= 15 is 0 Å². The maximum absolute atomic E-state index is 14.1. The van der Waals surface area contributed by atoms with Crippen LogP contribution in [0.1, 0.15) is 11.3 Å². The molecule has 2 aromatic carbocycles. The number of nitrogens with zero attached hydrogens (tertiary/aromatic N) is 4. The molecular formula is C24H13F7N4O2. The molecule has 0 bridgehead atoms. The van der Waals surface area contributed by atoms with Gasteiger partial charge in [0.05, 0.1) is 23.4 Å². The molecule has 2 aliphatic heterocycles. The molecule has 1 aromatic heterocycles. The van der Waals surface area contributed by atoms with Crippen LogP contribution < -0.4 is 4.74 Å². The number of imidazole rings is 1. The second kappa shape index (κ2) is 8.91. The molecule has 0 unspecified atom stereocenters. The van der Waals surface area contributed by atoms with Crippen LogP contribution in [0.2, 0.25) is 0 Å². The minimum absolute atomic E-state index is 0.0431. The molecule has 0 saturated heterocycles. The molecule has 0 radical (unpaired) electrons. The van der Waals surface area contributed by atoms with Crippen molar-refractivity contribution in [3.8, 4) is 39.8 Å². The number of pyridine rings is 1. The summed E-state index contributed by atoms with van der Waals surface area (Å²) in [5.41, 5.74) is -0.886. The van der Waals surface area contributed by atoms with Crippen molar-refractivity contribution in [3.63, 3.8) is 0 Å². The Balaban J connectivity index is 1.41. The smallest absolute Gasteiger partial charge is 0.406 e. The Morgan fingerprint density at radius 2 is 1.59 bits per heavy atom. The molecule has 0 N–H and O–H groups in total. The number of ether oxygens (including phenoxy) is 1. The number of alkyl halides is 6. The number of hydrogen-bond acceptors (Lipinski definition) is 5. The maximum Gasteiger partial charge on any atom is 0.573 e. The molecular weight excluding hydrogens is 509 g/mol. The Bertz CT molecular complexity index is 1540. The summed E-state index contributed by atoms with van der Waals surface area (Å²) < 4.78 is 102. The lowest BCUT2D eigenvalue weighted by atomic mass is 10.0. The Kier molecular flexibility index (Phi) is 5.85. The molecule has 2 aliphatic rings. The van der Waals surface area contributed by atoms with Crippen molar-refractivity contribution in [1.29, 1.82) is 0 Å². The third-order valence-corrected chi connectivity index (χ3v) is 5.25. The van der Waals surface area contributed by atoms with Crippen LogP contribution in [-0.2, 0) is 12.7 Å². The molecule has 0 saturated carbocycles. The number of aromatic nitrogens is 4. The third kappa shape index (κ3) is 5.25. The third-order valence-electron chi connectivity index (χ3n) is 5.25. The van der Waals surface area contributed by atoms with Crippen LogP contribution in [0, 0.1) is 5.82 Å². The highest BCUT2D eigenvalue weighted by Crippen LogP contribution is 2.40. The van der Waals surface area contributed by atoms with E-state index in [4.69, 9.17) is 4.52 Å². The molecule has 0 spiro atoms. The van der Waals surface area contributed by atoms with Gasteiger partial charge in [-0.15, -0.1) is 13.2 Å². The highest BCUT2D eigenvalue weighted by Gasteiger charge is 2.37. The lowest BCUT2D eigenvalue weighted by Gasteiger charge is -2.14. The average molecular weight is 522 g/mol. The molecule has 13 heteroatoms. The van der Waals surface area contributed by atoms with Gasteiger partial charge in [0, 0.05) is 24.0 Å². The van der Waals surface area contributed by atoms with Gasteiger partial charge >= 0.3 is 12.5 Å². The Hall–Kier alpha value is -4.42. The lowest BCUT2D eigenvalue weighted by molar-refractivity contribution is -0.274. The maximum atomic E-state index is 14.1. The largest absolute Gasteiger partial charge is 0.573 e. The zero-order chi connectivity index (χ0) is 26.4. The molecule has 0 atom stereocenters. The lowest BCUT2D eigenvalue weighted by Crippen LogP contribution is -2.18. The van der Waals surface area contributed by atoms with Gasteiger partial charge in [-0.1, -0.05) is 17.3 Å². The summed E-state index contributed by atoms with van der Waals surface area (Å²) in [6, 6.07) is 10.7. The topological polar surface area (TPSA) is 66.0 Å². The monoisotopic (exact) mass is 522 g/mol. The zero-order valence-electron chi connectivity index (χ0n) is 18.3. The first kappa shape index (κ1) is 24.3. The molecule has 5 rings (SSSR count). The van der Waals surface area contributed by atoms with Crippen molar-refractivity contribution in [2.75, 3.05) is 0 Å². The predicted octanol–water partition coefficient (Wildman–Crippen LogP) is 6.81. The number of halogens is 7. The first-order chi connectivity index (χ1) is 17.5. The van der Waals surface area contributed by atoms with Gasteiger partial charge in [0.25, 0.3) is 0 Å². The van der Waals surface area contributed by atoms with Crippen LogP contribution in [0.25, 0.3) is 34.0 Å². The summed E-state index contributed by atoms with van der Waals surface area (Å²) in [4.78, 5) is 8.65. The number of fused-ring (bicyclic) bond motifs is 1. The molecule has 37 heavy (non-hydrogen) atoms. The van der Waals surface area contributed by atoms with Gasteiger partial charge < -0.3 is 13.8 Å². The van der Waals surface area contributed by atoms with Crippen LogP contribution in [-0.4, -0.2) is 26.1 Å². The van der Waals surface area contributed by atoms with Gasteiger partial charge in [-0.2, -0.15) is 13.2 Å². The van der Waals surface area contributed by atoms with E-state index in [1.54, 1.807) is 41.2 Å². The summed E-state index contributed by atoms with van der Waals surface area (Å²) in [7, 11) is 0. The average Bonchev–Trinajstić information content (AvgIpc) is 3.44. The normalized spacial score (nSPS) is 12.3. The van der Waals surface area contributed by atoms with Crippen LogP contribution in [0.5, 0.6) is 5.75 Å². The summed E-state index contributed by atoms with van der Waals surface area (Å²) in [5, 5.41) is 3.66. The van der Waals surface area contributed by atoms with E-state index in [-0.39, 0.29) is 35.5 Å². The van der Waals surface area contributed by atoms with Crippen molar-refractivity contribution < 1.29 is 40.0 Å². The molecule has 3 heterocycles. The van der Waals surface area contributed by atoms with Crippen LogP contribution >= 0.6 is 0 Å². The van der Waals surface area contributed by atoms with E-state index in [1.807, 2.05) is 0 Å². The van der Waals surface area contributed by atoms with Gasteiger partial charge in [-0.3, -0.25) is 0 Å². The highest BCUT2D eigenvalue weighted by molar-refractivity contribution is 5.67. The van der Waals surface area contributed by atoms with E-state index < -0.39 is 35.2 Å². The van der Waals surface area contributed by atoms with E-state index in [1.165, 1.54) is 12.1 Å². The quantitative estimate of drug-likeness (QED) is 0.237. The fourth-order valence-corrected chi connectivity index (χ4v) is 3.69. The molecule has 0 aliphatic carbocycles. The molecule has 190 valence electrons. The van der Waals surface area contributed by atoms with Crippen molar-refractivity contribution in [3.05, 3.63) is 84.1 Å². The van der Waals surface area contributed by atoms with Gasteiger partial charge in [0.1, 0.15) is 23.0 Å².